The van der Waals surface area contributed by atoms with Crippen LogP contribution in [0.15, 0.2) is 18.2 Å². The Morgan fingerprint density at radius 1 is 1.24 bits per heavy atom. The SMILES string of the molecule is O=C(NC1CCN(C(=O)CCl)CC1)c1ccc(F)c(F)c1. The van der Waals surface area contributed by atoms with Crippen LogP contribution in [0.2, 0.25) is 0 Å². The summed E-state index contributed by atoms with van der Waals surface area (Å²) in [7, 11) is 0. The Balaban J connectivity index is 1.89. The molecule has 0 aliphatic carbocycles. The predicted molar refractivity (Wildman–Crippen MR) is 74.1 cm³/mol. The second-order valence-electron chi connectivity index (χ2n) is 4.89. The second-order valence-corrected chi connectivity index (χ2v) is 5.16. The molecule has 1 heterocycles. The van der Waals surface area contributed by atoms with Gasteiger partial charge in [-0.05, 0) is 31.0 Å². The summed E-state index contributed by atoms with van der Waals surface area (Å²) in [6.45, 7) is 1.04. The molecule has 0 atom stereocenters. The summed E-state index contributed by atoms with van der Waals surface area (Å²) in [5, 5.41) is 2.76. The highest BCUT2D eigenvalue weighted by molar-refractivity contribution is 6.27. The van der Waals surface area contributed by atoms with Crippen molar-refractivity contribution < 1.29 is 18.4 Å². The number of rotatable bonds is 3. The van der Waals surface area contributed by atoms with Gasteiger partial charge in [0.2, 0.25) is 5.91 Å². The van der Waals surface area contributed by atoms with E-state index in [2.05, 4.69) is 5.32 Å². The lowest BCUT2D eigenvalue weighted by atomic mass is 10.0. The van der Waals surface area contributed by atoms with E-state index in [0.717, 1.165) is 12.1 Å². The van der Waals surface area contributed by atoms with E-state index in [1.54, 1.807) is 4.90 Å². The zero-order valence-electron chi connectivity index (χ0n) is 11.2. The molecular formula is C14H15ClF2N2O2. The minimum atomic E-state index is -1.05. The lowest BCUT2D eigenvalue weighted by Crippen LogP contribution is -2.46. The summed E-state index contributed by atoms with van der Waals surface area (Å²) in [6.07, 6.45) is 1.22. The Kier molecular flexibility index (Phi) is 5.12. The van der Waals surface area contributed by atoms with Crippen molar-refractivity contribution in [3.63, 3.8) is 0 Å². The topological polar surface area (TPSA) is 49.4 Å². The average molecular weight is 317 g/mol. The Morgan fingerprint density at radius 2 is 1.90 bits per heavy atom. The number of hydrogen-bond acceptors (Lipinski definition) is 2. The lowest BCUT2D eigenvalue weighted by Gasteiger charge is -2.32. The molecule has 1 saturated heterocycles. The number of likely N-dealkylation sites (tertiary alicyclic amines) is 1. The molecule has 1 aromatic rings. The zero-order chi connectivity index (χ0) is 15.4. The van der Waals surface area contributed by atoms with Crippen LogP contribution in [0.3, 0.4) is 0 Å². The number of nitrogens with one attached hydrogen (secondary N) is 1. The Hall–Kier alpha value is -1.69. The molecule has 7 heteroatoms. The summed E-state index contributed by atoms with van der Waals surface area (Å²) in [4.78, 5) is 25.0. The fraction of sp³-hybridized carbons (Fsp3) is 0.429. The van der Waals surface area contributed by atoms with E-state index in [1.807, 2.05) is 0 Å². The number of amides is 2. The molecule has 0 aromatic heterocycles. The van der Waals surface area contributed by atoms with Gasteiger partial charge in [-0.2, -0.15) is 0 Å². The van der Waals surface area contributed by atoms with E-state index >= 15 is 0 Å². The monoisotopic (exact) mass is 316 g/mol. The smallest absolute Gasteiger partial charge is 0.251 e. The first-order valence-electron chi connectivity index (χ1n) is 6.61. The molecular weight excluding hydrogens is 302 g/mol. The molecule has 1 N–H and O–H groups in total. The summed E-state index contributed by atoms with van der Waals surface area (Å²) in [6, 6.07) is 2.94. The van der Waals surface area contributed by atoms with Crippen LogP contribution in [0.4, 0.5) is 8.78 Å². The van der Waals surface area contributed by atoms with Crippen molar-refractivity contribution in [1.29, 1.82) is 0 Å². The van der Waals surface area contributed by atoms with Crippen molar-refractivity contribution in [2.75, 3.05) is 19.0 Å². The number of alkyl halides is 1. The van der Waals surface area contributed by atoms with Crippen molar-refractivity contribution in [3.05, 3.63) is 35.4 Å². The van der Waals surface area contributed by atoms with Gasteiger partial charge in [-0.3, -0.25) is 9.59 Å². The number of carbonyl (C=O) groups excluding carboxylic acids is 2. The van der Waals surface area contributed by atoms with Crippen LogP contribution in [-0.4, -0.2) is 41.7 Å². The minimum Gasteiger partial charge on any atom is -0.349 e. The molecule has 1 fully saturated rings. The largest absolute Gasteiger partial charge is 0.349 e. The number of carbonyl (C=O) groups is 2. The van der Waals surface area contributed by atoms with Gasteiger partial charge < -0.3 is 10.2 Å². The third-order valence-electron chi connectivity index (χ3n) is 3.48. The standard InChI is InChI=1S/C14H15ClF2N2O2/c15-8-13(20)19-5-3-10(4-6-19)18-14(21)9-1-2-11(16)12(17)7-9/h1-2,7,10H,3-6,8H2,(H,18,21). The van der Waals surface area contributed by atoms with Gasteiger partial charge >= 0.3 is 0 Å². The Bertz CT molecular complexity index is 546. The number of hydrogen-bond donors (Lipinski definition) is 1. The Labute approximate surface area is 126 Å². The molecule has 2 rings (SSSR count). The van der Waals surface area contributed by atoms with Crippen molar-refractivity contribution in [1.82, 2.24) is 10.2 Å². The van der Waals surface area contributed by atoms with Crippen LogP contribution in [0.25, 0.3) is 0 Å². The van der Waals surface area contributed by atoms with Gasteiger partial charge in [0.15, 0.2) is 11.6 Å². The van der Waals surface area contributed by atoms with Crippen molar-refractivity contribution >= 4 is 23.4 Å². The molecule has 1 aliphatic rings. The van der Waals surface area contributed by atoms with Gasteiger partial charge in [-0.15, -0.1) is 11.6 Å². The molecule has 1 aromatic carbocycles. The third kappa shape index (κ3) is 3.91. The van der Waals surface area contributed by atoms with Crippen molar-refractivity contribution in [2.24, 2.45) is 0 Å². The van der Waals surface area contributed by atoms with Gasteiger partial charge in [0.1, 0.15) is 5.88 Å². The summed E-state index contributed by atoms with van der Waals surface area (Å²) in [5.41, 5.74) is 0.0770. The summed E-state index contributed by atoms with van der Waals surface area (Å²) < 4.78 is 25.9. The van der Waals surface area contributed by atoms with Gasteiger partial charge in [-0.1, -0.05) is 0 Å². The molecule has 21 heavy (non-hydrogen) atoms. The molecule has 1 aliphatic heterocycles. The fourth-order valence-electron chi connectivity index (χ4n) is 2.26. The minimum absolute atomic E-state index is 0.0497. The highest BCUT2D eigenvalue weighted by atomic mass is 35.5. The molecule has 0 saturated carbocycles. The van der Waals surface area contributed by atoms with Gasteiger partial charge in [0.25, 0.3) is 5.91 Å². The van der Waals surface area contributed by atoms with E-state index in [4.69, 9.17) is 11.6 Å². The van der Waals surface area contributed by atoms with E-state index in [-0.39, 0.29) is 23.4 Å². The molecule has 2 amide bonds. The van der Waals surface area contributed by atoms with Gasteiger partial charge in [0.05, 0.1) is 0 Å². The summed E-state index contributed by atoms with van der Waals surface area (Å²) >= 11 is 5.49. The first-order chi connectivity index (χ1) is 10.0. The highest BCUT2D eigenvalue weighted by Crippen LogP contribution is 2.13. The maximum atomic E-state index is 13.1. The first kappa shape index (κ1) is 15.7. The number of benzene rings is 1. The first-order valence-corrected chi connectivity index (χ1v) is 7.14. The van der Waals surface area contributed by atoms with Crippen LogP contribution >= 0.6 is 11.6 Å². The molecule has 0 radical (unpaired) electrons. The number of piperidine rings is 1. The predicted octanol–water partition coefficient (Wildman–Crippen LogP) is 1.92. The van der Waals surface area contributed by atoms with Gasteiger partial charge in [-0.25, -0.2) is 8.78 Å². The van der Waals surface area contributed by atoms with Gasteiger partial charge in [0, 0.05) is 24.7 Å². The zero-order valence-corrected chi connectivity index (χ0v) is 12.0. The van der Waals surface area contributed by atoms with Crippen molar-refractivity contribution in [3.8, 4) is 0 Å². The van der Waals surface area contributed by atoms with Crippen LogP contribution in [0.5, 0.6) is 0 Å². The maximum Gasteiger partial charge on any atom is 0.251 e. The molecule has 0 spiro atoms. The lowest BCUT2D eigenvalue weighted by molar-refractivity contribution is -0.129. The maximum absolute atomic E-state index is 13.1. The highest BCUT2D eigenvalue weighted by Gasteiger charge is 2.23. The Morgan fingerprint density at radius 3 is 2.48 bits per heavy atom. The van der Waals surface area contributed by atoms with E-state index < -0.39 is 17.5 Å². The number of halogens is 3. The quantitative estimate of drug-likeness (QED) is 0.866. The van der Waals surface area contributed by atoms with E-state index in [1.165, 1.54) is 6.07 Å². The van der Waals surface area contributed by atoms with Crippen molar-refractivity contribution in [2.45, 2.75) is 18.9 Å². The van der Waals surface area contributed by atoms with Crippen LogP contribution < -0.4 is 5.32 Å². The second kappa shape index (κ2) is 6.85. The van der Waals surface area contributed by atoms with E-state index in [0.29, 0.717) is 25.9 Å². The third-order valence-corrected chi connectivity index (χ3v) is 3.71. The molecule has 0 unspecified atom stereocenters. The molecule has 0 bridgehead atoms. The number of nitrogens with zero attached hydrogens (tertiary/aromatic N) is 1. The normalized spacial score (nSPS) is 15.9. The molecule has 114 valence electrons. The van der Waals surface area contributed by atoms with Crippen LogP contribution in [0, 0.1) is 11.6 Å². The summed E-state index contributed by atoms with van der Waals surface area (Å²) in [5.74, 6) is -2.66. The average Bonchev–Trinajstić information content (AvgIpc) is 2.50. The molecule has 4 nitrogen and oxygen atoms in total. The van der Waals surface area contributed by atoms with Crippen LogP contribution in [0.1, 0.15) is 23.2 Å². The van der Waals surface area contributed by atoms with E-state index in [9.17, 15) is 18.4 Å². The fourth-order valence-corrected chi connectivity index (χ4v) is 2.43. The van der Waals surface area contributed by atoms with Crippen LogP contribution in [-0.2, 0) is 4.79 Å².